The third-order valence-electron chi connectivity index (χ3n) is 1.44. The van der Waals surface area contributed by atoms with Gasteiger partial charge in [0.05, 0.1) is 7.79 Å². The van der Waals surface area contributed by atoms with Crippen LogP contribution in [0.3, 0.4) is 0 Å². The van der Waals surface area contributed by atoms with Crippen LogP contribution in [0.25, 0.3) is 0 Å². The molecule has 94 valence electrons. The molecule has 0 bridgehead atoms. The zero-order valence-corrected chi connectivity index (χ0v) is 9.33. The number of carbonyl (C=O) groups is 2. The molecule has 0 heterocycles. The van der Waals surface area contributed by atoms with Crippen molar-refractivity contribution in [3.63, 3.8) is 0 Å². The Bertz CT molecular complexity index is 509. The SMILES string of the molecule is [2H]N([2H])[C@]([2H])(C(=O)O)C(CC(=O)OC(C)(C)C)(C([2H])([2H])[2H])C([2H])([2H])[2H]. The van der Waals surface area contributed by atoms with E-state index in [0.717, 1.165) is 0 Å². The van der Waals surface area contributed by atoms with Gasteiger partial charge >= 0.3 is 11.9 Å². The van der Waals surface area contributed by atoms with Crippen molar-refractivity contribution in [2.75, 3.05) is 0 Å². The standard InChI is InChI=1S/C11H21NO4/c1-10(2,3)16-7(13)6-11(4,5)8(12)9(14)15/h8H,6,12H2,1-5H3,(H,14,15)/t8-/m1/s1/i4D3,5D3,8D/hD2. The maximum Gasteiger partial charge on any atom is 0.321 e. The number of esters is 1. The Morgan fingerprint density at radius 2 is 2.12 bits per heavy atom. The molecule has 0 fully saturated rings. The lowest BCUT2D eigenvalue weighted by Crippen LogP contribution is -2.45. The minimum Gasteiger partial charge on any atom is -0.480 e. The van der Waals surface area contributed by atoms with Crippen LogP contribution in [0.15, 0.2) is 0 Å². The summed E-state index contributed by atoms with van der Waals surface area (Å²) < 4.78 is 72.4. The van der Waals surface area contributed by atoms with Gasteiger partial charge in [-0.15, -0.1) is 0 Å². The second kappa shape index (κ2) is 4.82. The molecule has 0 amide bonds. The fraction of sp³-hybridized carbons (Fsp3) is 0.818. The van der Waals surface area contributed by atoms with Gasteiger partial charge in [0.1, 0.15) is 14.4 Å². The Hall–Kier alpha value is -1.10. The number of carbonyl (C=O) groups excluding carboxylic acids is 1. The van der Waals surface area contributed by atoms with Crippen LogP contribution in [0.2, 0.25) is 2.82 Å². The normalized spacial score (nSPS) is 26.4. The van der Waals surface area contributed by atoms with Crippen LogP contribution in [-0.2, 0) is 14.3 Å². The van der Waals surface area contributed by atoms with Crippen LogP contribution in [0.5, 0.6) is 0 Å². The van der Waals surface area contributed by atoms with Gasteiger partial charge in [0.2, 0.25) is 0 Å². The molecular weight excluding hydrogens is 210 g/mol. The van der Waals surface area contributed by atoms with Crippen LogP contribution >= 0.6 is 0 Å². The van der Waals surface area contributed by atoms with E-state index in [-0.39, 0.29) is 0 Å². The highest BCUT2D eigenvalue weighted by molar-refractivity contribution is 5.77. The molecule has 1 atom stereocenters. The van der Waals surface area contributed by atoms with E-state index >= 15 is 0 Å². The maximum absolute atomic E-state index is 12.1. The van der Waals surface area contributed by atoms with E-state index in [2.05, 4.69) is 0 Å². The molecule has 0 radical (unpaired) electrons. The van der Waals surface area contributed by atoms with Gasteiger partial charge in [0.25, 0.3) is 0 Å². The summed E-state index contributed by atoms with van der Waals surface area (Å²) in [7, 11) is 0. The second-order valence-electron chi connectivity index (χ2n) is 4.32. The van der Waals surface area contributed by atoms with Crippen molar-refractivity contribution in [2.45, 2.75) is 52.5 Å². The van der Waals surface area contributed by atoms with E-state index in [1.54, 1.807) is 0 Å². The molecule has 0 aromatic carbocycles. The van der Waals surface area contributed by atoms with E-state index in [9.17, 15) is 14.7 Å². The van der Waals surface area contributed by atoms with E-state index in [1.807, 2.05) is 0 Å². The lowest BCUT2D eigenvalue weighted by molar-refractivity contribution is -0.158. The number of carboxylic acid groups (broad SMARTS) is 1. The molecule has 16 heavy (non-hydrogen) atoms. The van der Waals surface area contributed by atoms with Crippen LogP contribution in [0.4, 0.5) is 0 Å². The van der Waals surface area contributed by atoms with Gasteiger partial charge in [-0.25, -0.2) is 0 Å². The summed E-state index contributed by atoms with van der Waals surface area (Å²) in [5, 5.41) is 9.29. The molecule has 0 saturated heterocycles. The third-order valence-corrected chi connectivity index (χ3v) is 1.44. The van der Waals surface area contributed by atoms with Gasteiger partial charge in [0, 0.05) is 13.6 Å². The summed E-state index contributed by atoms with van der Waals surface area (Å²) in [6.45, 7) is -3.16. The molecule has 5 heteroatoms. The summed E-state index contributed by atoms with van der Waals surface area (Å²) in [4.78, 5) is 23.7. The van der Waals surface area contributed by atoms with Gasteiger partial charge < -0.3 is 15.6 Å². The smallest absolute Gasteiger partial charge is 0.321 e. The summed E-state index contributed by atoms with van der Waals surface area (Å²) in [6.07, 6.45) is -1.53. The van der Waals surface area contributed by atoms with Gasteiger partial charge in [-0.1, -0.05) is 13.7 Å². The summed E-state index contributed by atoms with van der Waals surface area (Å²) in [6, 6.07) is -3.81. The van der Waals surface area contributed by atoms with Crippen molar-refractivity contribution in [1.82, 2.24) is 0 Å². The molecule has 0 saturated carbocycles. The van der Waals surface area contributed by atoms with Crippen LogP contribution < -0.4 is 5.72 Å². The molecule has 5 nitrogen and oxygen atoms in total. The van der Waals surface area contributed by atoms with E-state index in [4.69, 9.17) is 17.2 Å². The van der Waals surface area contributed by atoms with E-state index < -0.39 is 54.8 Å². The highest BCUT2D eigenvalue weighted by Crippen LogP contribution is 2.25. The summed E-state index contributed by atoms with van der Waals surface area (Å²) in [5.41, 5.74) is -5.56. The van der Waals surface area contributed by atoms with Gasteiger partial charge in [-0.2, -0.15) is 0 Å². The van der Waals surface area contributed by atoms with E-state index in [1.165, 1.54) is 20.8 Å². The lowest BCUT2D eigenvalue weighted by atomic mass is 9.81. The quantitative estimate of drug-likeness (QED) is 0.704. The zero-order chi connectivity index (χ0) is 20.6. The predicted molar refractivity (Wildman–Crippen MR) is 59.9 cm³/mol. The molecule has 0 aliphatic carbocycles. The molecule has 0 unspecified atom stereocenters. The lowest BCUT2D eigenvalue weighted by Gasteiger charge is -2.29. The largest absolute Gasteiger partial charge is 0.480 e. The highest BCUT2D eigenvalue weighted by Gasteiger charge is 2.35. The molecular formula is C11H21NO4. The second-order valence-corrected chi connectivity index (χ2v) is 4.32. The minimum atomic E-state index is -3.81. The Morgan fingerprint density at radius 3 is 2.44 bits per heavy atom. The first kappa shape index (κ1) is 5.49. The number of aliphatic carboxylic acids is 1. The number of carboxylic acids is 1. The molecule has 0 aliphatic rings. The summed E-state index contributed by atoms with van der Waals surface area (Å²) >= 11 is 0. The first-order valence-corrected chi connectivity index (χ1v) is 4.47. The number of ether oxygens (including phenoxy) is 1. The number of hydrogen-bond acceptors (Lipinski definition) is 4. The fourth-order valence-electron chi connectivity index (χ4n) is 0.860. The highest BCUT2D eigenvalue weighted by atomic mass is 16.6. The van der Waals surface area contributed by atoms with Crippen molar-refractivity contribution in [2.24, 2.45) is 11.1 Å². The average Bonchev–Trinajstić information content (AvgIpc) is 2.28. The van der Waals surface area contributed by atoms with Crippen molar-refractivity contribution in [3.05, 3.63) is 0 Å². The van der Waals surface area contributed by atoms with Gasteiger partial charge in [-0.05, 0) is 20.8 Å². The predicted octanol–water partition coefficient (Wildman–Crippen LogP) is 1.16. The Morgan fingerprint density at radius 1 is 1.56 bits per heavy atom. The molecule has 3 N–H and O–H groups in total. The maximum atomic E-state index is 12.1. The fourth-order valence-corrected chi connectivity index (χ4v) is 0.860. The van der Waals surface area contributed by atoms with Crippen molar-refractivity contribution < 1.29 is 31.9 Å². The first-order chi connectivity index (χ1) is 10.7. The van der Waals surface area contributed by atoms with Crippen LogP contribution in [-0.4, -0.2) is 28.7 Å². The average molecular weight is 240 g/mol. The Balaban J connectivity index is 6.69. The molecule has 0 aromatic rings. The molecule has 0 aliphatic heterocycles. The van der Waals surface area contributed by atoms with Crippen LogP contribution in [0.1, 0.15) is 50.5 Å². The molecule has 0 aromatic heterocycles. The third kappa shape index (κ3) is 5.11. The first-order valence-electron chi connectivity index (χ1n) is 8.87. The van der Waals surface area contributed by atoms with Crippen molar-refractivity contribution >= 4 is 11.9 Å². The Kier molecular flexibility index (Phi) is 1.65. The van der Waals surface area contributed by atoms with Gasteiger partial charge in [0.15, 0.2) is 0 Å². The van der Waals surface area contributed by atoms with Crippen molar-refractivity contribution in [1.29, 1.82) is 0 Å². The number of rotatable bonds is 5. The topological polar surface area (TPSA) is 89.6 Å². The summed E-state index contributed by atoms with van der Waals surface area (Å²) in [5.74, 6) is -3.74. The Labute approximate surface area is 109 Å². The molecule has 0 rings (SSSR count). The molecule has 0 spiro atoms. The minimum absolute atomic E-state index is 0.835. The van der Waals surface area contributed by atoms with Gasteiger partial charge in [-0.3, -0.25) is 9.59 Å². The monoisotopic (exact) mass is 240 g/mol. The number of hydrogen-bond donors (Lipinski definition) is 2. The number of nitrogens with two attached hydrogens (primary N) is 1. The van der Waals surface area contributed by atoms with Crippen LogP contribution in [0, 0.1) is 5.41 Å². The van der Waals surface area contributed by atoms with Crippen molar-refractivity contribution in [3.8, 4) is 0 Å². The zero-order valence-electron chi connectivity index (χ0n) is 18.3. The van der Waals surface area contributed by atoms with E-state index in [0.29, 0.717) is 0 Å².